The molecule has 6 rings (SSSR count). The highest BCUT2D eigenvalue weighted by Gasteiger charge is 2.72. The minimum absolute atomic E-state index is 0.267. The summed E-state index contributed by atoms with van der Waals surface area (Å²) in [6.45, 7) is -0.305. The van der Waals surface area contributed by atoms with Gasteiger partial charge in [0.25, 0.3) is 5.91 Å². The first-order chi connectivity index (χ1) is 15.5. The number of ether oxygens (including phenoxy) is 2. The van der Waals surface area contributed by atoms with Gasteiger partial charge in [0.05, 0.1) is 17.4 Å². The number of nitrogens with one attached hydrogen (secondary N) is 1. The van der Waals surface area contributed by atoms with E-state index in [1.54, 1.807) is 35.0 Å². The van der Waals surface area contributed by atoms with Crippen molar-refractivity contribution < 1.29 is 32.2 Å². The Bertz CT molecular complexity index is 1080. The number of hydrogen-bond acceptors (Lipinski definition) is 5. The van der Waals surface area contributed by atoms with E-state index in [1.807, 2.05) is 0 Å². The van der Waals surface area contributed by atoms with Gasteiger partial charge in [-0.05, 0) is 62.8 Å². The van der Waals surface area contributed by atoms with Gasteiger partial charge in [0.2, 0.25) is 5.91 Å². The fraction of sp³-hybridized carbons (Fsp3) is 0.500. The van der Waals surface area contributed by atoms with Gasteiger partial charge >= 0.3 is 6.36 Å². The van der Waals surface area contributed by atoms with Crippen molar-refractivity contribution in [2.24, 2.45) is 5.41 Å². The molecule has 4 aliphatic carbocycles. The lowest BCUT2D eigenvalue weighted by atomic mass is 9.39. The van der Waals surface area contributed by atoms with Crippen molar-refractivity contribution in [2.45, 2.75) is 56.0 Å². The summed E-state index contributed by atoms with van der Waals surface area (Å²) in [5.41, 5.74) is -2.15. The van der Waals surface area contributed by atoms with E-state index >= 15 is 0 Å². The Hall–Kier alpha value is -2.59. The van der Waals surface area contributed by atoms with E-state index in [1.165, 1.54) is 6.33 Å². The number of imidazole rings is 1. The number of alkyl halides is 3. The van der Waals surface area contributed by atoms with E-state index in [2.05, 4.69) is 15.0 Å². The second-order valence-electron chi connectivity index (χ2n) is 9.22. The molecule has 4 fully saturated rings. The van der Waals surface area contributed by atoms with E-state index in [-0.39, 0.29) is 36.6 Å². The molecule has 2 bridgehead atoms. The Morgan fingerprint density at radius 2 is 1.82 bits per heavy atom. The van der Waals surface area contributed by atoms with Gasteiger partial charge in [-0.2, -0.15) is 0 Å². The lowest BCUT2D eigenvalue weighted by Gasteiger charge is -2.69. The van der Waals surface area contributed by atoms with Crippen LogP contribution in [0.5, 0.6) is 5.75 Å². The monoisotopic (exact) mass is 483 g/mol. The van der Waals surface area contributed by atoms with Crippen LogP contribution in [0, 0.1) is 5.41 Å². The molecule has 0 atom stereocenters. The fourth-order valence-electron chi connectivity index (χ4n) is 5.17. The van der Waals surface area contributed by atoms with Gasteiger partial charge < -0.3 is 9.30 Å². The van der Waals surface area contributed by atoms with Crippen LogP contribution < -0.4 is 10.1 Å². The molecule has 4 saturated carbocycles. The zero-order valence-corrected chi connectivity index (χ0v) is 18.2. The molecule has 1 aromatic carbocycles. The van der Waals surface area contributed by atoms with Gasteiger partial charge in [-0.1, -0.05) is 11.6 Å². The number of halogens is 4. The van der Waals surface area contributed by atoms with Crippen LogP contribution in [0.4, 0.5) is 13.2 Å². The van der Waals surface area contributed by atoms with Crippen LogP contribution in [-0.2, 0) is 25.5 Å². The van der Waals surface area contributed by atoms with Gasteiger partial charge in [0, 0.05) is 16.8 Å². The van der Waals surface area contributed by atoms with Gasteiger partial charge in [-0.15, -0.1) is 13.2 Å². The lowest BCUT2D eigenvalue weighted by molar-refractivity contribution is -0.384. The van der Waals surface area contributed by atoms with Crippen molar-refractivity contribution in [3.05, 3.63) is 47.5 Å². The van der Waals surface area contributed by atoms with Crippen LogP contribution in [0.1, 0.15) is 44.2 Å². The smallest absolute Gasteiger partial charge is 0.484 e. The third kappa shape index (κ3) is 3.89. The molecule has 2 amide bonds. The molecular weight excluding hydrogens is 463 g/mol. The standard InChI is InChI=1S/C22H21ClF3N3O4/c23-14-2-4-15(5-3-14)32-9-17(30)28-18(31)19-10-20(11-19,12-19)29-8-16(27-13-29)21(6-1-7-21)33-22(24,25)26/h2-5,8,13H,1,6-7,9-12H2,(H,28,30,31). The van der Waals surface area contributed by atoms with Gasteiger partial charge in [-0.25, -0.2) is 4.98 Å². The molecule has 0 aliphatic heterocycles. The zero-order valence-electron chi connectivity index (χ0n) is 17.5. The average Bonchev–Trinajstić information content (AvgIpc) is 3.11. The Kier molecular flexibility index (Phi) is 5.02. The maximum atomic E-state index is 12.9. The molecule has 0 unspecified atom stereocenters. The largest absolute Gasteiger partial charge is 0.523 e. The summed E-state index contributed by atoms with van der Waals surface area (Å²) in [6, 6.07) is 6.50. The van der Waals surface area contributed by atoms with Crippen molar-refractivity contribution in [2.75, 3.05) is 6.61 Å². The fourth-order valence-corrected chi connectivity index (χ4v) is 5.30. The molecule has 1 N–H and O–H groups in total. The van der Waals surface area contributed by atoms with Gasteiger partial charge in [0.1, 0.15) is 11.4 Å². The lowest BCUT2D eigenvalue weighted by Crippen LogP contribution is -2.72. The molecule has 1 aromatic heterocycles. The molecule has 0 spiro atoms. The first-order valence-corrected chi connectivity index (χ1v) is 11.0. The van der Waals surface area contributed by atoms with Crippen LogP contribution in [0.2, 0.25) is 5.02 Å². The van der Waals surface area contributed by atoms with Crippen LogP contribution in [0.25, 0.3) is 0 Å². The second-order valence-corrected chi connectivity index (χ2v) is 9.65. The van der Waals surface area contributed by atoms with Crippen LogP contribution >= 0.6 is 11.6 Å². The summed E-state index contributed by atoms with van der Waals surface area (Å²) < 4.78 is 50.1. The van der Waals surface area contributed by atoms with Crippen LogP contribution in [-0.4, -0.2) is 34.3 Å². The number of aromatic nitrogens is 2. The minimum atomic E-state index is -4.73. The number of hydrogen-bond donors (Lipinski definition) is 1. The highest BCUT2D eigenvalue weighted by Crippen LogP contribution is 2.71. The predicted molar refractivity (Wildman–Crippen MR) is 109 cm³/mol. The number of rotatable bonds is 7. The molecule has 2 aromatic rings. The Balaban J connectivity index is 1.15. The van der Waals surface area contributed by atoms with Crippen molar-refractivity contribution >= 4 is 23.4 Å². The van der Waals surface area contributed by atoms with Crippen LogP contribution in [0.15, 0.2) is 36.8 Å². The molecule has 176 valence electrons. The van der Waals surface area contributed by atoms with Crippen molar-refractivity contribution in [1.82, 2.24) is 14.9 Å². The van der Waals surface area contributed by atoms with Crippen molar-refractivity contribution in [3.8, 4) is 5.75 Å². The predicted octanol–water partition coefficient (Wildman–Crippen LogP) is 4.05. The summed E-state index contributed by atoms with van der Waals surface area (Å²) in [6.07, 6.45) is 1.07. The van der Waals surface area contributed by atoms with Crippen molar-refractivity contribution in [1.29, 1.82) is 0 Å². The first kappa shape index (κ1) is 22.2. The minimum Gasteiger partial charge on any atom is -0.484 e. The highest BCUT2D eigenvalue weighted by molar-refractivity contribution is 6.30. The number of imide groups is 1. The zero-order chi connectivity index (χ0) is 23.5. The van der Waals surface area contributed by atoms with E-state index in [9.17, 15) is 22.8 Å². The van der Waals surface area contributed by atoms with E-state index < -0.39 is 23.3 Å². The molecule has 0 saturated heterocycles. The summed E-state index contributed by atoms with van der Waals surface area (Å²) in [5, 5.41) is 2.93. The van der Waals surface area contributed by atoms with Crippen LogP contribution in [0.3, 0.4) is 0 Å². The average molecular weight is 484 g/mol. The normalized spacial score (nSPS) is 27.0. The Morgan fingerprint density at radius 3 is 2.39 bits per heavy atom. The molecule has 1 heterocycles. The first-order valence-electron chi connectivity index (χ1n) is 10.6. The topological polar surface area (TPSA) is 82.5 Å². The number of benzene rings is 1. The van der Waals surface area contributed by atoms with Gasteiger partial charge in [0.15, 0.2) is 6.61 Å². The molecule has 4 aliphatic rings. The maximum Gasteiger partial charge on any atom is 0.523 e. The van der Waals surface area contributed by atoms with Gasteiger partial charge in [-0.3, -0.25) is 19.6 Å². The summed E-state index contributed by atoms with van der Waals surface area (Å²) in [4.78, 5) is 28.9. The number of amides is 2. The van der Waals surface area contributed by atoms with E-state index in [0.717, 1.165) is 0 Å². The molecule has 7 nitrogen and oxygen atoms in total. The third-order valence-corrected chi connectivity index (χ3v) is 7.24. The summed E-state index contributed by atoms with van der Waals surface area (Å²) in [5.74, 6) is -0.443. The third-order valence-electron chi connectivity index (χ3n) is 6.99. The highest BCUT2D eigenvalue weighted by atomic mass is 35.5. The summed E-state index contributed by atoms with van der Waals surface area (Å²) >= 11 is 5.80. The number of carbonyl (C=O) groups excluding carboxylic acids is 2. The number of nitrogens with zero attached hydrogens (tertiary/aromatic N) is 2. The quantitative estimate of drug-likeness (QED) is 0.642. The van der Waals surface area contributed by atoms with E-state index in [4.69, 9.17) is 16.3 Å². The second kappa shape index (κ2) is 7.46. The molecular formula is C22H21ClF3N3O4. The molecule has 0 radical (unpaired) electrons. The maximum absolute atomic E-state index is 12.9. The van der Waals surface area contributed by atoms with Crippen molar-refractivity contribution in [3.63, 3.8) is 0 Å². The number of carbonyl (C=O) groups is 2. The molecule has 33 heavy (non-hydrogen) atoms. The molecule has 11 heteroatoms. The summed E-state index contributed by atoms with van der Waals surface area (Å²) in [7, 11) is 0. The Labute approximate surface area is 192 Å². The Morgan fingerprint density at radius 1 is 1.15 bits per heavy atom. The van der Waals surface area contributed by atoms with E-state index in [0.29, 0.717) is 36.5 Å². The SMILES string of the molecule is O=C(COc1ccc(Cl)cc1)NC(=O)C12CC(n3cnc(C4(OC(F)(F)F)CCC4)c3)(C1)C2.